The fraction of sp³-hybridized carbons (Fsp3) is 0.353. The van der Waals surface area contributed by atoms with Gasteiger partial charge in [0.2, 0.25) is 0 Å². The van der Waals surface area contributed by atoms with Crippen molar-refractivity contribution in [3.63, 3.8) is 0 Å². The Morgan fingerprint density at radius 1 is 1.28 bits per heavy atom. The van der Waals surface area contributed by atoms with Crippen LogP contribution in [0.15, 0.2) is 47.1 Å². The van der Waals surface area contributed by atoms with Crippen LogP contribution in [0, 0.1) is 0 Å². The molecule has 1 unspecified atom stereocenters. The minimum Gasteiger partial charge on any atom is -0.484 e. The van der Waals surface area contributed by atoms with E-state index in [0.29, 0.717) is 5.76 Å². The molecule has 0 spiro atoms. The Balaban J connectivity index is 1.86. The zero-order valence-corrected chi connectivity index (χ0v) is 13.8. The van der Waals surface area contributed by atoms with E-state index in [4.69, 9.17) is 9.15 Å². The van der Waals surface area contributed by atoms with Crippen molar-refractivity contribution in [3.8, 4) is 5.75 Å². The summed E-state index contributed by atoms with van der Waals surface area (Å²) in [4.78, 5) is 13.8. The van der Waals surface area contributed by atoms with E-state index in [0.717, 1.165) is 12.1 Å². The Hall–Kier alpha value is -2.48. The standard InChI is InChI=1S/C17H19F3N2O3/c1-22(2)14(15-7-4-8-24-15)10-21-16(23)11-25-13-6-3-5-12(9-13)17(18,19)20/h3-9,14H,10-11H2,1-2H3,(H,21,23). The molecule has 0 aliphatic carbocycles. The van der Waals surface area contributed by atoms with Gasteiger partial charge in [-0.15, -0.1) is 0 Å². The number of likely N-dealkylation sites (N-methyl/N-ethyl adjacent to an activating group) is 1. The highest BCUT2D eigenvalue weighted by Crippen LogP contribution is 2.31. The Morgan fingerprint density at radius 2 is 2.04 bits per heavy atom. The number of benzene rings is 1. The maximum Gasteiger partial charge on any atom is 0.416 e. The summed E-state index contributed by atoms with van der Waals surface area (Å²) in [6.07, 6.45) is -2.91. The monoisotopic (exact) mass is 356 g/mol. The van der Waals surface area contributed by atoms with Crippen LogP contribution in [0.5, 0.6) is 5.75 Å². The highest BCUT2D eigenvalue weighted by atomic mass is 19.4. The van der Waals surface area contributed by atoms with Crippen LogP contribution in [-0.4, -0.2) is 38.1 Å². The van der Waals surface area contributed by atoms with E-state index in [1.54, 1.807) is 18.4 Å². The van der Waals surface area contributed by atoms with Gasteiger partial charge in [-0.1, -0.05) is 6.07 Å². The maximum absolute atomic E-state index is 12.6. The Bertz CT molecular complexity index is 685. The molecular formula is C17H19F3N2O3. The van der Waals surface area contributed by atoms with E-state index in [2.05, 4.69) is 5.32 Å². The molecule has 0 aliphatic rings. The van der Waals surface area contributed by atoms with E-state index in [-0.39, 0.29) is 24.9 Å². The van der Waals surface area contributed by atoms with Crippen LogP contribution in [0.1, 0.15) is 17.4 Å². The molecule has 1 aromatic heterocycles. The fourth-order valence-electron chi connectivity index (χ4n) is 2.19. The number of carbonyl (C=O) groups excluding carboxylic acids is 1. The molecule has 0 fully saturated rings. The second-order valence-corrected chi connectivity index (χ2v) is 5.61. The zero-order chi connectivity index (χ0) is 18.4. The number of rotatable bonds is 7. The van der Waals surface area contributed by atoms with E-state index in [1.807, 2.05) is 19.0 Å². The van der Waals surface area contributed by atoms with Crippen LogP contribution < -0.4 is 10.1 Å². The maximum atomic E-state index is 12.6. The van der Waals surface area contributed by atoms with Gasteiger partial charge < -0.3 is 14.5 Å². The summed E-state index contributed by atoms with van der Waals surface area (Å²) < 4.78 is 48.4. The van der Waals surface area contributed by atoms with Crippen molar-refractivity contribution in [1.29, 1.82) is 0 Å². The molecule has 1 N–H and O–H groups in total. The van der Waals surface area contributed by atoms with E-state index in [9.17, 15) is 18.0 Å². The lowest BCUT2D eigenvalue weighted by Gasteiger charge is -2.22. The van der Waals surface area contributed by atoms with Gasteiger partial charge in [0.25, 0.3) is 5.91 Å². The molecule has 0 bridgehead atoms. The lowest BCUT2D eigenvalue weighted by Crippen LogP contribution is -2.36. The van der Waals surface area contributed by atoms with Crippen molar-refractivity contribution >= 4 is 5.91 Å². The summed E-state index contributed by atoms with van der Waals surface area (Å²) in [7, 11) is 3.69. The quantitative estimate of drug-likeness (QED) is 0.828. The van der Waals surface area contributed by atoms with Gasteiger partial charge in [-0.2, -0.15) is 13.2 Å². The van der Waals surface area contributed by atoms with Crippen molar-refractivity contribution in [3.05, 3.63) is 54.0 Å². The first-order valence-corrected chi connectivity index (χ1v) is 7.54. The number of furan rings is 1. The number of halogens is 3. The van der Waals surface area contributed by atoms with Gasteiger partial charge in [0.15, 0.2) is 6.61 Å². The summed E-state index contributed by atoms with van der Waals surface area (Å²) >= 11 is 0. The third-order valence-corrected chi connectivity index (χ3v) is 3.52. The minimum absolute atomic E-state index is 0.0137. The normalized spacial score (nSPS) is 12.9. The first-order chi connectivity index (χ1) is 11.8. The van der Waals surface area contributed by atoms with Crippen molar-refractivity contribution in [1.82, 2.24) is 10.2 Å². The first-order valence-electron chi connectivity index (χ1n) is 7.54. The molecule has 1 heterocycles. The highest BCUT2D eigenvalue weighted by Gasteiger charge is 2.30. The predicted octanol–water partition coefficient (Wildman–Crippen LogP) is 3.10. The third-order valence-electron chi connectivity index (χ3n) is 3.52. The van der Waals surface area contributed by atoms with Crippen molar-refractivity contribution in [2.24, 2.45) is 0 Å². The van der Waals surface area contributed by atoms with Gasteiger partial charge in [0.1, 0.15) is 11.5 Å². The number of hydrogen-bond donors (Lipinski definition) is 1. The summed E-state index contributed by atoms with van der Waals surface area (Å²) in [5, 5.41) is 2.68. The van der Waals surface area contributed by atoms with Crippen LogP contribution in [0.4, 0.5) is 13.2 Å². The van der Waals surface area contributed by atoms with Gasteiger partial charge in [0.05, 0.1) is 17.9 Å². The average molecular weight is 356 g/mol. The molecule has 2 aromatic rings. The third kappa shape index (κ3) is 5.53. The first kappa shape index (κ1) is 18.9. The highest BCUT2D eigenvalue weighted by molar-refractivity contribution is 5.77. The van der Waals surface area contributed by atoms with Gasteiger partial charge in [-0.3, -0.25) is 9.69 Å². The zero-order valence-electron chi connectivity index (χ0n) is 13.8. The molecule has 0 aliphatic heterocycles. The summed E-state index contributed by atoms with van der Waals surface area (Å²) in [5.41, 5.74) is -0.823. The minimum atomic E-state index is -4.45. The van der Waals surface area contributed by atoms with Crippen molar-refractivity contribution in [2.45, 2.75) is 12.2 Å². The largest absolute Gasteiger partial charge is 0.484 e. The number of carbonyl (C=O) groups is 1. The van der Waals surface area contributed by atoms with Gasteiger partial charge in [0, 0.05) is 6.54 Å². The molecule has 8 heteroatoms. The number of nitrogens with zero attached hydrogens (tertiary/aromatic N) is 1. The number of alkyl halides is 3. The van der Waals surface area contributed by atoms with E-state index in [1.165, 1.54) is 12.1 Å². The van der Waals surface area contributed by atoms with Gasteiger partial charge in [-0.25, -0.2) is 0 Å². The van der Waals surface area contributed by atoms with Gasteiger partial charge >= 0.3 is 6.18 Å². The molecule has 136 valence electrons. The Morgan fingerprint density at radius 3 is 2.64 bits per heavy atom. The number of ether oxygens (including phenoxy) is 1. The second kappa shape index (κ2) is 8.06. The van der Waals surface area contributed by atoms with Crippen molar-refractivity contribution < 1.29 is 27.1 Å². The lowest BCUT2D eigenvalue weighted by atomic mass is 10.2. The molecule has 25 heavy (non-hydrogen) atoms. The SMILES string of the molecule is CN(C)C(CNC(=O)COc1cccc(C(F)(F)F)c1)c1ccco1. The molecule has 2 rings (SSSR count). The Labute approximate surface area is 143 Å². The molecule has 1 aromatic carbocycles. The van der Waals surface area contributed by atoms with Crippen molar-refractivity contribution in [2.75, 3.05) is 27.2 Å². The molecule has 0 saturated carbocycles. The van der Waals surface area contributed by atoms with Crippen LogP contribution in [0.25, 0.3) is 0 Å². The summed E-state index contributed by atoms with van der Waals surface area (Å²) in [5.74, 6) is 0.250. The average Bonchev–Trinajstić information content (AvgIpc) is 3.06. The smallest absolute Gasteiger partial charge is 0.416 e. The second-order valence-electron chi connectivity index (χ2n) is 5.61. The number of nitrogens with one attached hydrogen (secondary N) is 1. The molecule has 1 atom stereocenters. The molecule has 5 nitrogen and oxygen atoms in total. The number of amides is 1. The van der Waals surface area contributed by atoms with E-state index >= 15 is 0 Å². The van der Waals surface area contributed by atoms with E-state index < -0.39 is 17.6 Å². The predicted molar refractivity (Wildman–Crippen MR) is 85.1 cm³/mol. The lowest BCUT2D eigenvalue weighted by molar-refractivity contribution is -0.137. The summed E-state index contributed by atoms with van der Waals surface area (Å²) in [6, 6.07) is 7.80. The molecule has 1 amide bonds. The molecular weight excluding hydrogens is 337 g/mol. The van der Waals surface area contributed by atoms with Crippen LogP contribution in [0.2, 0.25) is 0 Å². The summed E-state index contributed by atoms with van der Waals surface area (Å²) in [6.45, 7) is -0.0923. The van der Waals surface area contributed by atoms with Crippen LogP contribution in [-0.2, 0) is 11.0 Å². The molecule has 0 saturated heterocycles. The molecule has 0 radical (unpaired) electrons. The fourth-order valence-corrected chi connectivity index (χ4v) is 2.19. The topological polar surface area (TPSA) is 54.7 Å². The van der Waals surface area contributed by atoms with Crippen LogP contribution >= 0.6 is 0 Å². The van der Waals surface area contributed by atoms with Gasteiger partial charge in [-0.05, 0) is 44.4 Å². The Kier molecular flexibility index (Phi) is 6.08. The number of hydrogen-bond acceptors (Lipinski definition) is 4. The van der Waals surface area contributed by atoms with Crippen LogP contribution in [0.3, 0.4) is 0 Å².